The number of halogens is 1. The molecule has 1 aliphatic rings. The zero-order valence-electron chi connectivity index (χ0n) is 13.7. The van der Waals surface area contributed by atoms with Crippen molar-refractivity contribution in [2.75, 3.05) is 20.1 Å². The first kappa shape index (κ1) is 16.8. The van der Waals surface area contributed by atoms with Crippen LogP contribution in [0.2, 0.25) is 5.15 Å². The van der Waals surface area contributed by atoms with Crippen LogP contribution >= 0.6 is 11.6 Å². The van der Waals surface area contributed by atoms with Crippen LogP contribution in [-0.2, 0) is 11.0 Å². The number of aromatic nitrogens is 1. The van der Waals surface area contributed by atoms with E-state index < -0.39 is 11.0 Å². The lowest BCUT2D eigenvalue weighted by Gasteiger charge is -2.38. The Balaban J connectivity index is 1.85. The number of aryl methyl sites for hydroxylation is 1. The molecule has 1 unspecified atom stereocenters. The Morgan fingerprint density at radius 3 is 2.70 bits per heavy atom. The van der Waals surface area contributed by atoms with Gasteiger partial charge in [-0.3, -0.25) is 0 Å². The normalized spacial score (nSPS) is 19.8. The smallest absolute Gasteiger partial charge is 0.136 e. The average molecular weight is 352 g/mol. The monoisotopic (exact) mass is 351 g/mol. The summed E-state index contributed by atoms with van der Waals surface area (Å²) in [7, 11) is 0.865. The molecule has 0 aliphatic carbocycles. The summed E-state index contributed by atoms with van der Waals surface area (Å²) in [6.45, 7) is 6.19. The third kappa shape index (κ3) is 3.58. The Hall–Kier alpha value is -1.01. The van der Waals surface area contributed by atoms with Crippen LogP contribution in [0.1, 0.15) is 25.3 Å². The van der Waals surface area contributed by atoms with E-state index in [0.717, 1.165) is 47.2 Å². The molecule has 1 aliphatic heterocycles. The molecule has 23 heavy (non-hydrogen) atoms. The van der Waals surface area contributed by atoms with Crippen LogP contribution in [0.15, 0.2) is 29.3 Å². The van der Waals surface area contributed by atoms with Gasteiger partial charge in [0.2, 0.25) is 0 Å². The summed E-state index contributed by atoms with van der Waals surface area (Å²) in [5, 5.41) is 2.36. The van der Waals surface area contributed by atoms with E-state index in [-0.39, 0.29) is 5.54 Å². The Bertz CT molecular complexity index is 757. The van der Waals surface area contributed by atoms with Crippen LogP contribution in [0.5, 0.6) is 0 Å². The second-order valence-corrected chi connectivity index (χ2v) is 8.25. The van der Waals surface area contributed by atoms with Gasteiger partial charge >= 0.3 is 0 Å². The number of hydrogen-bond donors (Lipinski definition) is 1. The molecule has 0 amide bonds. The van der Waals surface area contributed by atoms with Crippen LogP contribution in [-0.4, -0.2) is 39.8 Å². The highest BCUT2D eigenvalue weighted by molar-refractivity contribution is 7.83. The molecule has 0 saturated carbocycles. The second-order valence-electron chi connectivity index (χ2n) is 6.67. The number of pyridine rings is 1. The van der Waals surface area contributed by atoms with E-state index in [0.29, 0.717) is 5.15 Å². The topological polar surface area (TPSA) is 45.2 Å². The van der Waals surface area contributed by atoms with Gasteiger partial charge < -0.3 is 4.90 Å². The number of benzene rings is 1. The number of rotatable bonds is 3. The third-order valence-corrected chi connectivity index (χ3v) is 6.31. The predicted molar refractivity (Wildman–Crippen MR) is 96.2 cm³/mol. The van der Waals surface area contributed by atoms with E-state index in [1.807, 2.05) is 25.1 Å². The summed E-state index contributed by atoms with van der Waals surface area (Å²) in [6, 6.07) is 5.77. The van der Waals surface area contributed by atoms with E-state index in [9.17, 15) is 4.21 Å². The van der Waals surface area contributed by atoms with E-state index in [4.69, 9.17) is 11.6 Å². The van der Waals surface area contributed by atoms with Crippen molar-refractivity contribution < 1.29 is 4.21 Å². The highest BCUT2D eigenvalue weighted by Crippen LogP contribution is 2.27. The Morgan fingerprint density at radius 1 is 1.30 bits per heavy atom. The number of nitrogens with zero attached hydrogens (tertiary/aromatic N) is 2. The minimum Gasteiger partial charge on any atom is -0.306 e. The molecule has 4 nitrogen and oxygen atoms in total. The van der Waals surface area contributed by atoms with Gasteiger partial charge in [-0.1, -0.05) is 17.7 Å². The van der Waals surface area contributed by atoms with Crippen LogP contribution in [0.25, 0.3) is 10.8 Å². The van der Waals surface area contributed by atoms with Crippen molar-refractivity contribution in [1.29, 1.82) is 0 Å². The molecule has 1 aromatic heterocycles. The maximum Gasteiger partial charge on any atom is 0.136 e. The zero-order chi connectivity index (χ0) is 16.6. The summed E-state index contributed by atoms with van der Waals surface area (Å²) in [5.41, 5.74) is 0.970. The zero-order valence-corrected chi connectivity index (χ0v) is 15.3. The van der Waals surface area contributed by atoms with Crippen molar-refractivity contribution in [3.63, 3.8) is 0 Å². The van der Waals surface area contributed by atoms with E-state index >= 15 is 0 Å². The number of piperidine rings is 1. The van der Waals surface area contributed by atoms with Gasteiger partial charge in [-0.25, -0.2) is 13.9 Å². The van der Waals surface area contributed by atoms with E-state index in [2.05, 4.69) is 28.6 Å². The fraction of sp³-hybridized carbons (Fsp3) is 0.471. The van der Waals surface area contributed by atoms with E-state index in [1.54, 1.807) is 6.20 Å². The lowest BCUT2D eigenvalue weighted by molar-refractivity contribution is 0.192. The number of nitrogens with one attached hydrogen (secondary N) is 1. The van der Waals surface area contributed by atoms with Crippen molar-refractivity contribution in [3.05, 3.63) is 35.1 Å². The predicted octanol–water partition coefficient (Wildman–Crippen LogP) is 3.29. The first-order chi connectivity index (χ1) is 10.9. The molecule has 3 rings (SSSR count). The van der Waals surface area contributed by atoms with Crippen LogP contribution in [0, 0.1) is 6.92 Å². The molecule has 1 fully saturated rings. The summed E-state index contributed by atoms with van der Waals surface area (Å²) in [6.07, 6.45) is 3.74. The highest BCUT2D eigenvalue weighted by Gasteiger charge is 2.30. The molecule has 1 N–H and O–H groups in total. The summed E-state index contributed by atoms with van der Waals surface area (Å²) < 4.78 is 16.1. The summed E-state index contributed by atoms with van der Waals surface area (Å²) >= 11 is 6.20. The van der Waals surface area contributed by atoms with Crippen LogP contribution in [0.4, 0.5) is 0 Å². The molecule has 0 spiro atoms. The third-order valence-electron chi connectivity index (χ3n) is 4.65. The van der Waals surface area contributed by atoms with Gasteiger partial charge in [0.15, 0.2) is 0 Å². The SMILES string of the molecule is Cc1cnc(Cl)c2cc(S(=O)NC3(C)CCN(C)CC3)ccc12. The molecule has 0 radical (unpaired) electrons. The quantitative estimate of drug-likeness (QED) is 0.863. The van der Waals surface area contributed by atoms with Crippen molar-refractivity contribution in [2.45, 2.75) is 37.1 Å². The Labute approximate surface area is 144 Å². The molecule has 1 atom stereocenters. The van der Waals surface area contributed by atoms with Gasteiger partial charge in [0.25, 0.3) is 0 Å². The molecular formula is C17H22ClN3OS. The number of likely N-dealkylation sites (tertiary alicyclic amines) is 1. The largest absolute Gasteiger partial charge is 0.306 e. The summed E-state index contributed by atoms with van der Waals surface area (Å²) in [4.78, 5) is 7.23. The van der Waals surface area contributed by atoms with Crippen LogP contribution in [0.3, 0.4) is 0 Å². The molecule has 0 bridgehead atoms. The van der Waals surface area contributed by atoms with Gasteiger partial charge in [0, 0.05) is 17.1 Å². The average Bonchev–Trinajstić information content (AvgIpc) is 2.54. The molecule has 124 valence electrons. The first-order valence-electron chi connectivity index (χ1n) is 7.81. The Morgan fingerprint density at radius 2 is 2.00 bits per heavy atom. The molecule has 6 heteroatoms. The van der Waals surface area contributed by atoms with Crippen molar-refractivity contribution in [3.8, 4) is 0 Å². The van der Waals surface area contributed by atoms with Crippen molar-refractivity contribution >= 4 is 33.4 Å². The maximum absolute atomic E-state index is 12.8. The minimum atomic E-state index is -1.26. The lowest BCUT2D eigenvalue weighted by atomic mass is 9.91. The van der Waals surface area contributed by atoms with Crippen LogP contribution < -0.4 is 4.72 Å². The minimum absolute atomic E-state index is 0.0963. The lowest BCUT2D eigenvalue weighted by Crippen LogP contribution is -2.50. The fourth-order valence-electron chi connectivity index (χ4n) is 2.94. The van der Waals surface area contributed by atoms with Gasteiger partial charge in [0.1, 0.15) is 16.1 Å². The molecular weight excluding hydrogens is 330 g/mol. The maximum atomic E-state index is 12.8. The molecule has 2 heterocycles. The summed E-state index contributed by atoms with van der Waals surface area (Å²) in [5.74, 6) is 0. The number of hydrogen-bond acceptors (Lipinski definition) is 3. The van der Waals surface area contributed by atoms with Gasteiger partial charge in [0.05, 0.1) is 4.90 Å². The van der Waals surface area contributed by atoms with Gasteiger partial charge in [-0.15, -0.1) is 0 Å². The second kappa shape index (κ2) is 6.48. The highest BCUT2D eigenvalue weighted by atomic mass is 35.5. The van der Waals surface area contributed by atoms with Crippen molar-refractivity contribution in [2.24, 2.45) is 0 Å². The standard InChI is InChI=1S/C17H22ClN3OS/c1-12-11-19-16(18)15-10-13(4-5-14(12)15)23(22)20-17(2)6-8-21(3)9-7-17/h4-5,10-11,20H,6-9H2,1-3H3. The number of fused-ring (bicyclic) bond motifs is 1. The fourth-order valence-corrected chi connectivity index (χ4v) is 4.33. The molecule has 1 saturated heterocycles. The Kier molecular flexibility index (Phi) is 4.74. The van der Waals surface area contributed by atoms with Gasteiger partial charge in [-0.05, 0) is 69.9 Å². The van der Waals surface area contributed by atoms with Crippen molar-refractivity contribution in [1.82, 2.24) is 14.6 Å². The van der Waals surface area contributed by atoms with E-state index in [1.165, 1.54) is 0 Å². The molecule has 1 aromatic carbocycles. The molecule has 2 aromatic rings. The first-order valence-corrected chi connectivity index (χ1v) is 9.34. The van der Waals surface area contributed by atoms with Gasteiger partial charge in [-0.2, -0.15) is 0 Å².